The van der Waals surface area contributed by atoms with Crippen LogP contribution in [0.3, 0.4) is 0 Å². The van der Waals surface area contributed by atoms with Crippen LogP contribution in [0, 0.1) is 11.3 Å². The van der Waals surface area contributed by atoms with Crippen molar-refractivity contribution in [1.29, 1.82) is 5.26 Å². The van der Waals surface area contributed by atoms with E-state index in [2.05, 4.69) is 32.3 Å². The van der Waals surface area contributed by atoms with Crippen LogP contribution in [0.15, 0.2) is 22.9 Å². The molecule has 2 aromatic heterocycles. The molecule has 2 aromatic rings. The van der Waals surface area contributed by atoms with Gasteiger partial charge in [0.1, 0.15) is 11.1 Å². The van der Waals surface area contributed by atoms with E-state index in [9.17, 15) is 14.9 Å². The highest BCUT2D eigenvalue weighted by molar-refractivity contribution is 9.10. The first kappa shape index (κ1) is 17.6. The number of ether oxygens (including phenoxy) is 1. The number of rotatable bonds is 4. The van der Waals surface area contributed by atoms with Gasteiger partial charge in [-0.3, -0.25) is 9.78 Å². The molecule has 1 aliphatic rings. The van der Waals surface area contributed by atoms with Crippen LogP contribution in [0.2, 0.25) is 0 Å². The third kappa shape index (κ3) is 4.06. The molecule has 0 fully saturated rings. The lowest BCUT2D eigenvalue weighted by molar-refractivity contribution is -0.119. The number of pyridine rings is 1. The summed E-state index contributed by atoms with van der Waals surface area (Å²) in [6, 6.07) is 3.74. The number of fused-ring (bicyclic) bond motifs is 1. The lowest BCUT2D eigenvalue weighted by Gasteiger charge is -2.09. The maximum atomic E-state index is 12.1. The molecule has 0 radical (unpaired) electrons. The standard InChI is InChI=1S/C17H14BrN3O3S/c18-11-5-10(7-20-8-11)17(23)24-9-15(22)21-16-13(6-19)12-3-1-2-4-14(12)25-16/h5,7-8H,1-4,9H2,(H,21,22). The second kappa shape index (κ2) is 7.76. The number of carbonyl (C=O) groups is 2. The number of nitrogens with zero attached hydrogens (tertiary/aromatic N) is 2. The fourth-order valence-electron chi connectivity index (χ4n) is 2.67. The van der Waals surface area contributed by atoms with E-state index in [1.807, 2.05) is 0 Å². The molecule has 8 heteroatoms. The highest BCUT2D eigenvalue weighted by atomic mass is 79.9. The predicted molar refractivity (Wildman–Crippen MR) is 96.5 cm³/mol. The maximum Gasteiger partial charge on any atom is 0.340 e. The SMILES string of the molecule is N#Cc1c(NC(=O)COC(=O)c2cncc(Br)c2)sc2c1CCCC2. The highest BCUT2D eigenvalue weighted by Gasteiger charge is 2.22. The number of carbonyl (C=O) groups excluding carboxylic acids is 2. The van der Waals surface area contributed by atoms with Crippen LogP contribution in [0.1, 0.15) is 39.2 Å². The van der Waals surface area contributed by atoms with Crippen LogP contribution in [0.4, 0.5) is 5.00 Å². The van der Waals surface area contributed by atoms with Gasteiger partial charge >= 0.3 is 5.97 Å². The molecule has 6 nitrogen and oxygen atoms in total. The number of nitriles is 1. The van der Waals surface area contributed by atoms with Crippen molar-refractivity contribution in [1.82, 2.24) is 4.98 Å². The van der Waals surface area contributed by atoms with Crippen molar-refractivity contribution in [3.05, 3.63) is 44.5 Å². The van der Waals surface area contributed by atoms with Gasteiger partial charge in [0.05, 0.1) is 11.1 Å². The molecule has 0 bridgehead atoms. The van der Waals surface area contributed by atoms with Gasteiger partial charge in [0.2, 0.25) is 0 Å². The molecular weight excluding hydrogens is 406 g/mol. The van der Waals surface area contributed by atoms with Gasteiger partial charge in [0, 0.05) is 21.7 Å². The number of hydrogen-bond donors (Lipinski definition) is 1. The molecule has 128 valence electrons. The largest absolute Gasteiger partial charge is 0.452 e. The molecule has 2 heterocycles. The molecule has 0 aliphatic heterocycles. The van der Waals surface area contributed by atoms with Crippen molar-refractivity contribution in [3.63, 3.8) is 0 Å². The van der Waals surface area contributed by atoms with Crippen molar-refractivity contribution in [3.8, 4) is 6.07 Å². The summed E-state index contributed by atoms with van der Waals surface area (Å²) >= 11 is 4.66. The minimum atomic E-state index is -0.630. The van der Waals surface area contributed by atoms with Gasteiger partial charge in [-0.05, 0) is 53.2 Å². The van der Waals surface area contributed by atoms with Crippen molar-refractivity contribution >= 4 is 44.1 Å². The van der Waals surface area contributed by atoms with E-state index in [0.717, 1.165) is 36.1 Å². The number of halogens is 1. The van der Waals surface area contributed by atoms with Gasteiger partial charge in [-0.2, -0.15) is 5.26 Å². The summed E-state index contributed by atoms with van der Waals surface area (Å²) in [5, 5.41) is 12.6. The Morgan fingerprint density at radius 3 is 2.92 bits per heavy atom. The average Bonchev–Trinajstić information content (AvgIpc) is 2.96. The van der Waals surface area contributed by atoms with Crippen LogP contribution in [0.5, 0.6) is 0 Å². The number of anilines is 1. The Bertz CT molecular complexity index is 873. The van der Waals surface area contributed by atoms with Crippen LogP contribution in [-0.4, -0.2) is 23.5 Å². The van der Waals surface area contributed by atoms with E-state index >= 15 is 0 Å². The molecule has 3 rings (SSSR count). The van der Waals surface area contributed by atoms with Gasteiger partial charge in [-0.15, -0.1) is 11.3 Å². The van der Waals surface area contributed by atoms with Crippen LogP contribution in [0.25, 0.3) is 0 Å². The topological polar surface area (TPSA) is 92.1 Å². The van der Waals surface area contributed by atoms with E-state index in [4.69, 9.17) is 4.74 Å². The van der Waals surface area contributed by atoms with Crippen molar-refractivity contribution in [2.24, 2.45) is 0 Å². The lowest BCUT2D eigenvalue weighted by atomic mass is 9.96. The molecule has 1 N–H and O–H groups in total. The molecule has 0 unspecified atom stereocenters. The molecule has 25 heavy (non-hydrogen) atoms. The number of thiophene rings is 1. The molecule has 0 saturated heterocycles. The molecule has 0 aromatic carbocycles. The molecule has 1 aliphatic carbocycles. The Morgan fingerprint density at radius 2 is 2.16 bits per heavy atom. The van der Waals surface area contributed by atoms with E-state index in [-0.39, 0.29) is 5.56 Å². The highest BCUT2D eigenvalue weighted by Crippen LogP contribution is 2.37. The summed E-state index contributed by atoms with van der Waals surface area (Å²) in [6.45, 7) is -0.418. The summed E-state index contributed by atoms with van der Waals surface area (Å²) < 4.78 is 5.65. The van der Waals surface area contributed by atoms with Crippen LogP contribution >= 0.6 is 27.3 Å². The monoisotopic (exact) mass is 419 g/mol. The smallest absolute Gasteiger partial charge is 0.340 e. The van der Waals surface area contributed by atoms with Gasteiger partial charge in [0.25, 0.3) is 5.91 Å². The first-order valence-electron chi connectivity index (χ1n) is 7.70. The Kier molecular flexibility index (Phi) is 5.46. The van der Waals surface area contributed by atoms with E-state index < -0.39 is 18.5 Å². The summed E-state index contributed by atoms with van der Waals surface area (Å²) in [6.07, 6.45) is 6.89. The van der Waals surface area contributed by atoms with Gasteiger partial charge in [0.15, 0.2) is 6.61 Å². The number of aryl methyl sites for hydroxylation is 1. The number of aromatic nitrogens is 1. The van der Waals surface area contributed by atoms with Gasteiger partial charge in [-0.1, -0.05) is 0 Å². The fraction of sp³-hybridized carbons (Fsp3) is 0.294. The summed E-state index contributed by atoms with van der Waals surface area (Å²) in [5.41, 5.74) is 1.84. The number of nitrogens with one attached hydrogen (secondary N) is 1. The third-order valence-electron chi connectivity index (χ3n) is 3.81. The molecule has 0 atom stereocenters. The Balaban J connectivity index is 1.63. The zero-order valence-electron chi connectivity index (χ0n) is 13.2. The predicted octanol–water partition coefficient (Wildman–Crippen LogP) is 3.45. The molecular formula is C17H14BrN3O3S. The van der Waals surface area contributed by atoms with Crippen LogP contribution < -0.4 is 5.32 Å². The maximum absolute atomic E-state index is 12.1. The van der Waals surface area contributed by atoms with E-state index in [1.54, 1.807) is 12.3 Å². The van der Waals surface area contributed by atoms with E-state index in [1.165, 1.54) is 17.5 Å². The first-order chi connectivity index (χ1) is 12.1. The second-order valence-corrected chi connectivity index (χ2v) is 7.56. The zero-order chi connectivity index (χ0) is 17.8. The first-order valence-corrected chi connectivity index (χ1v) is 9.31. The average molecular weight is 420 g/mol. The molecule has 1 amide bonds. The van der Waals surface area contributed by atoms with E-state index in [0.29, 0.717) is 15.0 Å². The lowest BCUT2D eigenvalue weighted by Crippen LogP contribution is -2.21. The van der Waals surface area contributed by atoms with Crippen molar-refractivity contribution < 1.29 is 14.3 Å². The van der Waals surface area contributed by atoms with Crippen LogP contribution in [-0.2, 0) is 22.4 Å². The second-order valence-electron chi connectivity index (χ2n) is 5.54. The van der Waals surface area contributed by atoms with Crippen molar-refractivity contribution in [2.75, 3.05) is 11.9 Å². The quantitative estimate of drug-likeness (QED) is 0.765. The minimum Gasteiger partial charge on any atom is -0.452 e. The molecule has 0 spiro atoms. The number of amides is 1. The Morgan fingerprint density at radius 1 is 1.36 bits per heavy atom. The Labute approximate surface area is 157 Å². The minimum absolute atomic E-state index is 0.256. The normalized spacial score (nSPS) is 12.8. The summed E-state index contributed by atoms with van der Waals surface area (Å²) in [5.74, 6) is -1.10. The fourth-order valence-corrected chi connectivity index (χ4v) is 4.29. The zero-order valence-corrected chi connectivity index (χ0v) is 15.6. The summed E-state index contributed by atoms with van der Waals surface area (Å²) in [4.78, 5) is 29.0. The van der Waals surface area contributed by atoms with Gasteiger partial charge < -0.3 is 10.1 Å². The number of esters is 1. The number of hydrogen-bond acceptors (Lipinski definition) is 6. The van der Waals surface area contributed by atoms with Gasteiger partial charge in [-0.25, -0.2) is 4.79 Å². The summed E-state index contributed by atoms with van der Waals surface area (Å²) in [7, 11) is 0. The third-order valence-corrected chi connectivity index (χ3v) is 5.45. The Hall–Kier alpha value is -2.24. The van der Waals surface area contributed by atoms with Crippen molar-refractivity contribution in [2.45, 2.75) is 25.7 Å². The molecule has 0 saturated carbocycles.